The van der Waals surface area contributed by atoms with E-state index in [4.69, 9.17) is 9.47 Å². The van der Waals surface area contributed by atoms with E-state index in [1.54, 1.807) is 21.2 Å². The van der Waals surface area contributed by atoms with Gasteiger partial charge in [0.1, 0.15) is 11.5 Å². The molecule has 1 aliphatic rings. The molecule has 6 heteroatoms. The van der Waals surface area contributed by atoms with Gasteiger partial charge in [0.2, 0.25) is 0 Å². The van der Waals surface area contributed by atoms with Crippen molar-refractivity contribution in [3.63, 3.8) is 0 Å². The first-order chi connectivity index (χ1) is 14.0. The molecule has 3 rings (SSSR count). The van der Waals surface area contributed by atoms with E-state index in [-0.39, 0.29) is 18.6 Å². The number of carbonyl (C=O) groups is 1. The minimum Gasteiger partial charge on any atom is -0.495 e. The fourth-order valence-electron chi connectivity index (χ4n) is 3.59. The largest absolute Gasteiger partial charge is 0.495 e. The van der Waals surface area contributed by atoms with Crippen LogP contribution in [0.25, 0.3) is 0 Å². The maximum Gasteiger partial charge on any atom is 0.259 e. The molecule has 156 valence electrons. The molecule has 0 aromatic heterocycles. The summed E-state index contributed by atoms with van der Waals surface area (Å²) in [6.45, 7) is 6.15. The summed E-state index contributed by atoms with van der Waals surface area (Å²) < 4.78 is 11.2. The Bertz CT molecular complexity index is 817. The number of carbonyl (C=O) groups excluding carboxylic acids is 1. The monoisotopic (exact) mass is 397 g/mol. The van der Waals surface area contributed by atoms with Crippen LogP contribution in [0.2, 0.25) is 0 Å². The Labute approximate surface area is 173 Å². The second-order valence-electron chi connectivity index (χ2n) is 7.52. The highest BCUT2D eigenvalue weighted by atomic mass is 16.5. The van der Waals surface area contributed by atoms with E-state index in [9.17, 15) is 4.79 Å². The first kappa shape index (κ1) is 21.0. The summed E-state index contributed by atoms with van der Waals surface area (Å²) in [7, 11) is 5.18. The summed E-state index contributed by atoms with van der Waals surface area (Å²) in [6.07, 6.45) is 0. The highest BCUT2D eigenvalue weighted by Crippen LogP contribution is 2.30. The predicted octanol–water partition coefficient (Wildman–Crippen LogP) is 3.05. The van der Waals surface area contributed by atoms with Crippen molar-refractivity contribution >= 4 is 11.6 Å². The number of hydrogen-bond acceptors (Lipinski definition) is 5. The summed E-state index contributed by atoms with van der Waals surface area (Å²) in [5, 5.41) is 0. The molecule has 1 saturated heterocycles. The lowest BCUT2D eigenvalue weighted by Crippen LogP contribution is -2.47. The number of amides is 1. The smallest absolute Gasteiger partial charge is 0.259 e. The van der Waals surface area contributed by atoms with Crippen molar-refractivity contribution in [3.05, 3.63) is 54.1 Å². The molecule has 0 radical (unpaired) electrons. The van der Waals surface area contributed by atoms with Crippen LogP contribution in [-0.4, -0.2) is 69.7 Å². The third-order valence-corrected chi connectivity index (χ3v) is 5.49. The van der Waals surface area contributed by atoms with Crippen LogP contribution in [0.1, 0.15) is 18.5 Å². The van der Waals surface area contributed by atoms with Gasteiger partial charge in [-0.3, -0.25) is 9.69 Å². The zero-order valence-electron chi connectivity index (χ0n) is 17.8. The Kier molecular flexibility index (Phi) is 6.99. The Morgan fingerprint density at radius 3 is 2.48 bits per heavy atom. The van der Waals surface area contributed by atoms with Gasteiger partial charge in [-0.1, -0.05) is 24.3 Å². The molecule has 0 N–H and O–H groups in total. The zero-order valence-corrected chi connectivity index (χ0v) is 17.8. The molecule has 1 amide bonds. The van der Waals surface area contributed by atoms with E-state index in [0.29, 0.717) is 0 Å². The minimum absolute atomic E-state index is 0.0455. The average molecular weight is 398 g/mol. The van der Waals surface area contributed by atoms with Gasteiger partial charge >= 0.3 is 0 Å². The predicted molar refractivity (Wildman–Crippen MR) is 116 cm³/mol. The quantitative estimate of drug-likeness (QED) is 0.719. The molecule has 1 unspecified atom stereocenters. The highest BCUT2D eigenvalue weighted by Gasteiger charge is 2.23. The molecular weight excluding hydrogens is 366 g/mol. The Hall–Kier alpha value is -2.73. The normalized spacial score (nSPS) is 15.7. The van der Waals surface area contributed by atoms with Crippen molar-refractivity contribution in [2.75, 3.05) is 58.9 Å². The number of anilines is 1. The van der Waals surface area contributed by atoms with E-state index in [1.165, 1.54) is 10.5 Å². The molecule has 0 bridgehead atoms. The number of nitrogens with zero attached hydrogens (tertiary/aromatic N) is 3. The number of hydrogen-bond donors (Lipinski definition) is 0. The number of piperazine rings is 1. The molecule has 2 aromatic rings. The standard InChI is InChI=1S/C23H31N3O3/c1-18(19-8-7-9-20(16-19)29-17-23(27)24(2)3)25-12-14-26(15-13-25)21-10-5-6-11-22(21)28-4/h5-11,16,18H,12-15,17H2,1-4H3. The van der Waals surface area contributed by atoms with E-state index in [1.807, 2.05) is 30.3 Å². The van der Waals surface area contributed by atoms with Crippen LogP contribution in [0.3, 0.4) is 0 Å². The Morgan fingerprint density at radius 1 is 1.07 bits per heavy atom. The molecule has 0 spiro atoms. The van der Waals surface area contributed by atoms with Crippen molar-refractivity contribution in [2.45, 2.75) is 13.0 Å². The summed E-state index contributed by atoms with van der Waals surface area (Å²) in [5.74, 6) is 1.61. The molecule has 0 aliphatic carbocycles. The molecule has 1 aliphatic heterocycles. The van der Waals surface area contributed by atoms with Gasteiger partial charge in [0, 0.05) is 46.3 Å². The fourth-order valence-corrected chi connectivity index (χ4v) is 3.59. The maximum atomic E-state index is 11.8. The number of para-hydroxylation sites is 2. The SMILES string of the molecule is COc1ccccc1N1CCN(C(C)c2cccc(OCC(=O)N(C)C)c2)CC1. The summed E-state index contributed by atoms with van der Waals surface area (Å²) in [6, 6.07) is 16.5. The van der Waals surface area contributed by atoms with Gasteiger partial charge in [-0.05, 0) is 36.8 Å². The lowest BCUT2D eigenvalue weighted by atomic mass is 10.1. The number of methoxy groups -OCH3 is 1. The first-order valence-corrected chi connectivity index (χ1v) is 10.0. The second-order valence-corrected chi connectivity index (χ2v) is 7.52. The number of ether oxygens (including phenoxy) is 2. The molecule has 1 atom stereocenters. The van der Waals surface area contributed by atoms with Crippen LogP contribution < -0.4 is 14.4 Å². The van der Waals surface area contributed by atoms with Crippen molar-refractivity contribution in [1.82, 2.24) is 9.80 Å². The van der Waals surface area contributed by atoms with Gasteiger partial charge in [0.05, 0.1) is 12.8 Å². The molecule has 29 heavy (non-hydrogen) atoms. The van der Waals surface area contributed by atoms with Crippen LogP contribution in [-0.2, 0) is 4.79 Å². The summed E-state index contributed by atoms with van der Waals surface area (Å²) >= 11 is 0. The van der Waals surface area contributed by atoms with Gasteiger partial charge in [-0.15, -0.1) is 0 Å². The fraction of sp³-hybridized carbons (Fsp3) is 0.435. The van der Waals surface area contributed by atoms with Gasteiger partial charge in [0.15, 0.2) is 6.61 Å². The second kappa shape index (κ2) is 9.65. The van der Waals surface area contributed by atoms with Gasteiger partial charge < -0.3 is 19.3 Å². The zero-order chi connectivity index (χ0) is 20.8. The Morgan fingerprint density at radius 2 is 1.79 bits per heavy atom. The Balaban J connectivity index is 1.60. The molecule has 0 saturated carbocycles. The molecule has 6 nitrogen and oxygen atoms in total. The van der Waals surface area contributed by atoms with Crippen LogP contribution in [0.15, 0.2) is 48.5 Å². The molecular formula is C23H31N3O3. The van der Waals surface area contributed by atoms with E-state index in [0.717, 1.165) is 43.4 Å². The molecule has 2 aromatic carbocycles. The van der Waals surface area contributed by atoms with Crippen molar-refractivity contribution in [1.29, 1.82) is 0 Å². The number of likely N-dealkylation sites (N-methyl/N-ethyl adjacent to an activating group) is 1. The minimum atomic E-state index is -0.0455. The topological polar surface area (TPSA) is 45.3 Å². The molecule has 1 heterocycles. The van der Waals surface area contributed by atoms with E-state index in [2.05, 4.69) is 34.9 Å². The maximum absolute atomic E-state index is 11.8. The number of rotatable bonds is 7. The van der Waals surface area contributed by atoms with Crippen molar-refractivity contribution in [2.24, 2.45) is 0 Å². The highest BCUT2D eigenvalue weighted by molar-refractivity contribution is 5.77. The van der Waals surface area contributed by atoms with E-state index >= 15 is 0 Å². The van der Waals surface area contributed by atoms with Crippen LogP contribution in [0.5, 0.6) is 11.5 Å². The lowest BCUT2D eigenvalue weighted by molar-refractivity contribution is -0.130. The lowest BCUT2D eigenvalue weighted by Gasteiger charge is -2.39. The van der Waals surface area contributed by atoms with Gasteiger partial charge in [0.25, 0.3) is 5.91 Å². The summed E-state index contributed by atoms with van der Waals surface area (Å²) in [5.41, 5.74) is 2.36. The van der Waals surface area contributed by atoms with Crippen LogP contribution >= 0.6 is 0 Å². The van der Waals surface area contributed by atoms with Crippen molar-refractivity contribution < 1.29 is 14.3 Å². The van der Waals surface area contributed by atoms with Crippen LogP contribution in [0.4, 0.5) is 5.69 Å². The number of benzene rings is 2. The summed E-state index contributed by atoms with van der Waals surface area (Å²) in [4.78, 5) is 18.2. The average Bonchev–Trinajstić information content (AvgIpc) is 2.77. The third kappa shape index (κ3) is 5.21. The van der Waals surface area contributed by atoms with Gasteiger partial charge in [-0.25, -0.2) is 0 Å². The molecule has 1 fully saturated rings. The van der Waals surface area contributed by atoms with Crippen LogP contribution in [0, 0.1) is 0 Å². The van der Waals surface area contributed by atoms with Crippen molar-refractivity contribution in [3.8, 4) is 11.5 Å². The third-order valence-electron chi connectivity index (χ3n) is 5.49. The first-order valence-electron chi connectivity index (χ1n) is 10.0. The van der Waals surface area contributed by atoms with E-state index < -0.39 is 0 Å². The van der Waals surface area contributed by atoms with Gasteiger partial charge in [-0.2, -0.15) is 0 Å².